The molecule has 0 saturated carbocycles. The lowest BCUT2D eigenvalue weighted by molar-refractivity contribution is 0.125. The SMILES string of the molecule is [C-]#[N+]c1nnc(OC(C)(C)C)c2ccccc12. The van der Waals surface area contributed by atoms with Crippen LogP contribution in [0.3, 0.4) is 0 Å². The molecule has 0 aliphatic carbocycles. The summed E-state index contributed by atoms with van der Waals surface area (Å²) in [7, 11) is 0. The van der Waals surface area contributed by atoms with E-state index in [-0.39, 0.29) is 5.60 Å². The van der Waals surface area contributed by atoms with Crippen LogP contribution in [0.5, 0.6) is 5.88 Å². The zero-order valence-corrected chi connectivity index (χ0v) is 10.1. The first-order chi connectivity index (χ1) is 8.01. The van der Waals surface area contributed by atoms with E-state index in [1.165, 1.54) is 0 Å². The highest BCUT2D eigenvalue weighted by atomic mass is 16.5. The topological polar surface area (TPSA) is 39.4 Å². The predicted octanol–water partition coefficient (Wildman–Crippen LogP) is 3.36. The van der Waals surface area contributed by atoms with Crippen molar-refractivity contribution in [3.8, 4) is 5.88 Å². The van der Waals surface area contributed by atoms with Gasteiger partial charge in [-0.1, -0.05) is 30.8 Å². The fourth-order valence-electron chi connectivity index (χ4n) is 1.51. The molecule has 0 amide bonds. The van der Waals surface area contributed by atoms with Crippen molar-refractivity contribution < 1.29 is 4.74 Å². The first kappa shape index (κ1) is 11.3. The quantitative estimate of drug-likeness (QED) is 0.701. The minimum absolute atomic E-state index is 0.307. The van der Waals surface area contributed by atoms with Crippen LogP contribution in [0.1, 0.15) is 20.8 Å². The van der Waals surface area contributed by atoms with Crippen molar-refractivity contribution in [3.63, 3.8) is 0 Å². The first-order valence-corrected chi connectivity index (χ1v) is 5.33. The Morgan fingerprint density at radius 2 is 1.76 bits per heavy atom. The van der Waals surface area contributed by atoms with Gasteiger partial charge < -0.3 is 9.58 Å². The number of benzene rings is 1. The van der Waals surface area contributed by atoms with Gasteiger partial charge in [-0.2, -0.15) is 0 Å². The van der Waals surface area contributed by atoms with E-state index in [0.717, 1.165) is 10.8 Å². The minimum Gasteiger partial charge on any atom is -0.469 e. The summed E-state index contributed by atoms with van der Waals surface area (Å²) in [5.74, 6) is 0.780. The van der Waals surface area contributed by atoms with E-state index in [9.17, 15) is 0 Å². The molecule has 0 aliphatic rings. The van der Waals surface area contributed by atoms with Gasteiger partial charge in [-0.3, -0.25) is 0 Å². The maximum absolute atomic E-state index is 7.06. The minimum atomic E-state index is -0.336. The lowest BCUT2D eigenvalue weighted by Gasteiger charge is -2.20. The highest BCUT2D eigenvalue weighted by Crippen LogP contribution is 2.30. The fraction of sp³-hybridized carbons (Fsp3) is 0.308. The Morgan fingerprint density at radius 1 is 1.12 bits per heavy atom. The Labute approximate surface area is 100 Å². The van der Waals surface area contributed by atoms with Gasteiger partial charge in [-0.15, -0.1) is 0 Å². The molecule has 2 rings (SSSR count). The van der Waals surface area contributed by atoms with Crippen molar-refractivity contribution >= 4 is 16.6 Å². The van der Waals surface area contributed by atoms with Gasteiger partial charge in [0.25, 0.3) is 5.88 Å². The van der Waals surface area contributed by atoms with Gasteiger partial charge in [0.2, 0.25) is 0 Å². The molecule has 1 aromatic heterocycles. The van der Waals surface area contributed by atoms with Crippen molar-refractivity contribution in [2.24, 2.45) is 0 Å². The highest BCUT2D eigenvalue weighted by Gasteiger charge is 2.17. The summed E-state index contributed by atoms with van der Waals surface area (Å²) in [5, 5.41) is 9.45. The molecule has 4 nitrogen and oxygen atoms in total. The van der Waals surface area contributed by atoms with E-state index in [1.54, 1.807) is 0 Å². The van der Waals surface area contributed by atoms with Crippen LogP contribution in [-0.2, 0) is 0 Å². The number of nitrogens with zero attached hydrogens (tertiary/aromatic N) is 3. The summed E-state index contributed by atoms with van der Waals surface area (Å²) < 4.78 is 5.74. The average Bonchev–Trinajstić information content (AvgIpc) is 2.28. The molecular formula is C13H13N3O. The van der Waals surface area contributed by atoms with Gasteiger partial charge in [-0.25, -0.2) is 0 Å². The maximum atomic E-state index is 7.06. The molecule has 1 heterocycles. The molecular weight excluding hydrogens is 214 g/mol. The number of hydrogen-bond donors (Lipinski definition) is 0. The van der Waals surface area contributed by atoms with E-state index < -0.39 is 0 Å². The second kappa shape index (κ2) is 4.02. The molecule has 1 aromatic carbocycles. The number of fused-ring (bicyclic) bond motifs is 1. The lowest BCUT2D eigenvalue weighted by Crippen LogP contribution is -2.23. The monoisotopic (exact) mass is 227 g/mol. The van der Waals surface area contributed by atoms with Crippen LogP contribution in [0.15, 0.2) is 24.3 Å². The van der Waals surface area contributed by atoms with Crippen molar-refractivity contribution in [2.45, 2.75) is 26.4 Å². The number of ether oxygens (including phenoxy) is 1. The van der Waals surface area contributed by atoms with E-state index in [2.05, 4.69) is 15.0 Å². The average molecular weight is 227 g/mol. The van der Waals surface area contributed by atoms with Crippen molar-refractivity contribution in [1.29, 1.82) is 0 Å². The van der Waals surface area contributed by atoms with Gasteiger partial charge in [-0.05, 0) is 25.9 Å². The summed E-state index contributed by atoms with van der Waals surface area (Å²) in [5.41, 5.74) is -0.336. The van der Waals surface area contributed by atoms with Crippen molar-refractivity contribution in [1.82, 2.24) is 10.2 Å². The first-order valence-electron chi connectivity index (χ1n) is 5.33. The van der Waals surface area contributed by atoms with Gasteiger partial charge in [0, 0.05) is 15.9 Å². The maximum Gasteiger partial charge on any atom is 0.304 e. The second-order valence-electron chi connectivity index (χ2n) is 4.70. The van der Waals surface area contributed by atoms with Crippen LogP contribution in [0.25, 0.3) is 15.6 Å². The van der Waals surface area contributed by atoms with Crippen molar-refractivity contribution in [2.75, 3.05) is 0 Å². The summed E-state index contributed by atoms with van der Waals surface area (Å²) in [6, 6.07) is 7.51. The molecule has 4 heteroatoms. The third-order valence-electron chi connectivity index (χ3n) is 2.14. The third kappa shape index (κ3) is 2.34. The number of aromatic nitrogens is 2. The van der Waals surface area contributed by atoms with Crippen LogP contribution in [0.2, 0.25) is 0 Å². The van der Waals surface area contributed by atoms with Crippen LogP contribution < -0.4 is 4.74 Å². The van der Waals surface area contributed by atoms with Gasteiger partial charge in [0.1, 0.15) is 5.60 Å². The van der Waals surface area contributed by atoms with Gasteiger partial charge in [0.15, 0.2) is 0 Å². The van der Waals surface area contributed by atoms with E-state index in [4.69, 9.17) is 11.3 Å². The van der Waals surface area contributed by atoms with E-state index in [0.29, 0.717) is 11.7 Å². The van der Waals surface area contributed by atoms with Gasteiger partial charge in [0.05, 0.1) is 0 Å². The number of hydrogen-bond acceptors (Lipinski definition) is 3. The molecule has 2 aromatic rings. The Hall–Kier alpha value is -2.15. The Morgan fingerprint density at radius 3 is 2.35 bits per heavy atom. The molecule has 0 N–H and O–H groups in total. The normalized spacial score (nSPS) is 11.2. The third-order valence-corrected chi connectivity index (χ3v) is 2.14. The number of rotatable bonds is 1. The van der Waals surface area contributed by atoms with Crippen LogP contribution >= 0.6 is 0 Å². The Balaban J connectivity index is 2.64. The fourth-order valence-corrected chi connectivity index (χ4v) is 1.51. The molecule has 86 valence electrons. The molecule has 0 aliphatic heterocycles. The molecule has 0 spiro atoms. The highest BCUT2D eigenvalue weighted by molar-refractivity contribution is 5.94. The molecule has 0 radical (unpaired) electrons. The second-order valence-corrected chi connectivity index (χ2v) is 4.70. The summed E-state index contributed by atoms with van der Waals surface area (Å²) in [4.78, 5) is 3.36. The zero-order chi connectivity index (χ0) is 12.5. The standard InChI is InChI=1S/C13H13N3O/c1-13(2,3)17-12-10-8-6-5-7-9(10)11(14-4)15-16-12/h5-8H,1-3H3. The van der Waals surface area contributed by atoms with Crippen LogP contribution in [-0.4, -0.2) is 15.8 Å². The van der Waals surface area contributed by atoms with E-state index >= 15 is 0 Å². The molecule has 0 bridgehead atoms. The summed E-state index contributed by atoms with van der Waals surface area (Å²) >= 11 is 0. The molecule has 17 heavy (non-hydrogen) atoms. The summed E-state index contributed by atoms with van der Waals surface area (Å²) in [6.45, 7) is 12.9. The smallest absolute Gasteiger partial charge is 0.304 e. The molecule has 0 atom stereocenters. The Bertz CT molecular complexity index is 594. The van der Waals surface area contributed by atoms with E-state index in [1.807, 2.05) is 45.0 Å². The van der Waals surface area contributed by atoms with Crippen LogP contribution in [0, 0.1) is 6.57 Å². The molecule has 0 fully saturated rings. The van der Waals surface area contributed by atoms with Crippen molar-refractivity contribution in [3.05, 3.63) is 35.7 Å². The summed E-state index contributed by atoms with van der Waals surface area (Å²) in [6.07, 6.45) is 0. The largest absolute Gasteiger partial charge is 0.469 e. The Kier molecular flexibility index (Phi) is 2.68. The van der Waals surface area contributed by atoms with Gasteiger partial charge >= 0.3 is 5.82 Å². The molecule has 0 saturated heterocycles. The van der Waals surface area contributed by atoms with Crippen LogP contribution in [0.4, 0.5) is 5.82 Å². The molecule has 0 unspecified atom stereocenters. The lowest BCUT2D eigenvalue weighted by atomic mass is 10.1. The zero-order valence-electron chi connectivity index (χ0n) is 10.1. The predicted molar refractivity (Wildman–Crippen MR) is 66.2 cm³/mol.